The van der Waals surface area contributed by atoms with Crippen LogP contribution in [0.15, 0.2) is 36.7 Å². The van der Waals surface area contributed by atoms with Crippen LogP contribution in [0.2, 0.25) is 0 Å². The molecular formula is C17H19N5O2. The first-order valence-corrected chi connectivity index (χ1v) is 7.83. The van der Waals surface area contributed by atoms with Gasteiger partial charge in [0.1, 0.15) is 11.6 Å². The van der Waals surface area contributed by atoms with E-state index in [1.54, 1.807) is 30.6 Å². The number of aromatic nitrogens is 2. The fourth-order valence-electron chi connectivity index (χ4n) is 2.11. The third kappa shape index (κ3) is 4.52. The van der Waals surface area contributed by atoms with E-state index < -0.39 is 0 Å². The highest BCUT2D eigenvalue weighted by atomic mass is 16.2. The van der Waals surface area contributed by atoms with Gasteiger partial charge in [0.25, 0.3) is 5.91 Å². The van der Waals surface area contributed by atoms with Crippen molar-refractivity contribution in [2.75, 3.05) is 10.6 Å². The van der Waals surface area contributed by atoms with Crippen molar-refractivity contribution >= 4 is 23.5 Å². The Morgan fingerprint density at radius 1 is 1.08 bits per heavy atom. The predicted molar refractivity (Wildman–Crippen MR) is 90.6 cm³/mol. The third-order valence-corrected chi connectivity index (χ3v) is 3.54. The Hall–Kier alpha value is -2.96. The Bertz CT molecular complexity index is 724. The molecule has 2 aromatic rings. The van der Waals surface area contributed by atoms with Crippen LogP contribution in [0.4, 0.5) is 11.6 Å². The lowest BCUT2D eigenvalue weighted by Crippen LogP contribution is -2.25. The minimum atomic E-state index is -0.150. The fourth-order valence-corrected chi connectivity index (χ4v) is 2.11. The van der Waals surface area contributed by atoms with Gasteiger partial charge in [-0.15, -0.1) is 0 Å². The minimum absolute atomic E-state index is 0.0747. The van der Waals surface area contributed by atoms with Gasteiger partial charge in [-0.2, -0.15) is 0 Å². The average molecular weight is 325 g/mol. The van der Waals surface area contributed by atoms with Crippen molar-refractivity contribution in [1.29, 1.82) is 0 Å². The lowest BCUT2D eigenvalue weighted by Gasteiger charge is -2.08. The number of amides is 2. The van der Waals surface area contributed by atoms with Crippen LogP contribution >= 0.6 is 0 Å². The van der Waals surface area contributed by atoms with Crippen LogP contribution in [0, 0.1) is 0 Å². The van der Waals surface area contributed by atoms with E-state index in [0.717, 1.165) is 18.4 Å². The van der Waals surface area contributed by atoms with Crippen molar-refractivity contribution in [3.05, 3.63) is 47.8 Å². The van der Waals surface area contributed by atoms with Gasteiger partial charge in [0.15, 0.2) is 0 Å². The zero-order chi connectivity index (χ0) is 16.9. The van der Waals surface area contributed by atoms with Crippen LogP contribution in [-0.4, -0.2) is 27.8 Å². The molecule has 7 nitrogen and oxygen atoms in total. The Morgan fingerprint density at radius 3 is 2.42 bits per heavy atom. The minimum Gasteiger partial charge on any atom is -0.366 e. The number of hydrogen-bond donors (Lipinski definition) is 3. The number of hydrogen-bond acceptors (Lipinski definition) is 5. The highest BCUT2D eigenvalue weighted by molar-refractivity contribution is 5.94. The van der Waals surface area contributed by atoms with Crippen LogP contribution < -0.4 is 16.0 Å². The molecule has 0 radical (unpaired) electrons. The first kappa shape index (κ1) is 15.9. The molecular weight excluding hydrogens is 306 g/mol. The van der Waals surface area contributed by atoms with E-state index in [-0.39, 0.29) is 11.8 Å². The molecule has 2 amide bonds. The van der Waals surface area contributed by atoms with Gasteiger partial charge in [0, 0.05) is 31.9 Å². The molecule has 0 aromatic carbocycles. The number of anilines is 2. The molecule has 24 heavy (non-hydrogen) atoms. The topological polar surface area (TPSA) is 96.0 Å². The normalized spacial score (nSPS) is 13.2. The van der Waals surface area contributed by atoms with Crippen LogP contribution in [0.3, 0.4) is 0 Å². The fraction of sp³-hybridized carbons (Fsp3) is 0.294. The van der Waals surface area contributed by atoms with Crippen molar-refractivity contribution < 1.29 is 9.59 Å². The van der Waals surface area contributed by atoms with Gasteiger partial charge in [0.2, 0.25) is 5.91 Å². The summed E-state index contributed by atoms with van der Waals surface area (Å²) in [6.07, 6.45) is 5.38. The van der Waals surface area contributed by atoms with Crippen molar-refractivity contribution in [3.8, 4) is 0 Å². The highest BCUT2D eigenvalue weighted by Crippen LogP contribution is 2.19. The molecule has 1 aliphatic rings. The summed E-state index contributed by atoms with van der Waals surface area (Å²) in [6, 6.07) is 7.50. The van der Waals surface area contributed by atoms with Crippen LogP contribution in [0.25, 0.3) is 0 Å². The van der Waals surface area contributed by atoms with Gasteiger partial charge in [-0.3, -0.25) is 9.59 Å². The number of nitrogens with one attached hydrogen (secondary N) is 3. The summed E-state index contributed by atoms with van der Waals surface area (Å²) >= 11 is 0. The molecule has 2 heterocycles. The molecule has 1 fully saturated rings. The molecule has 124 valence electrons. The summed E-state index contributed by atoms with van der Waals surface area (Å²) in [7, 11) is 0. The highest BCUT2D eigenvalue weighted by Gasteiger charge is 2.23. The quantitative estimate of drug-likeness (QED) is 0.754. The molecule has 0 unspecified atom stereocenters. The SMILES string of the molecule is CC(=O)Nc1ccc(CNc2ccc(C(=O)NC3CC3)cn2)cn1. The second-order valence-corrected chi connectivity index (χ2v) is 5.77. The van der Waals surface area contributed by atoms with Crippen molar-refractivity contribution in [2.24, 2.45) is 0 Å². The van der Waals surface area contributed by atoms with Gasteiger partial charge in [-0.25, -0.2) is 9.97 Å². The van der Waals surface area contributed by atoms with E-state index in [1.807, 2.05) is 6.07 Å². The number of carbonyl (C=O) groups is 2. The molecule has 0 aliphatic heterocycles. The summed E-state index contributed by atoms with van der Waals surface area (Å²) in [5.74, 6) is 0.983. The van der Waals surface area contributed by atoms with Crippen molar-refractivity contribution in [3.63, 3.8) is 0 Å². The van der Waals surface area contributed by atoms with Crippen molar-refractivity contribution in [2.45, 2.75) is 32.4 Å². The van der Waals surface area contributed by atoms with Gasteiger partial charge in [-0.1, -0.05) is 6.07 Å². The van der Waals surface area contributed by atoms with Gasteiger partial charge in [0.05, 0.1) is 5.56 Å². The Kier molecular flexibility index (Phi) is 4.69. The predicted octanol–water partition coefficient (Wildman–Crippen LogP) is 1.94. The van der Waals surface area contributed by atoms with E-state index in [1.165, 1.54) is 6.92 Å². The van der Waals surface area contributed by atoms with Crippen LogP contribution in [-0.2, 0) is 11.3 Å². The van der Waals surface area contributed by atoms with Crippen molar-refractivity contribution in [1.82, 2.24) is 15.3 Å². The van der Waals surface area contributed by atoms with Gasteiger partial charge >= 0.3 is 0 Å². The van der Waals surface area contributed by atoms with Gasteiger partial charge < -0.3 is 16.0 Å². The molecule has 0 saturated heterocycles. The summed E-state index contributed by atoms with van der Waals surface area (Å²) in [5, 5.41) is 8.72. The van der Waals surface area contributed by atoms with E-state index >= 15 is 0 Å². The number of nitrogens with zero attached hydrogens (tertiary/aromatic N) is 2. The molecule has 3 N–H and O–H groups in total. The maximum Gasteiger partial charge on any atom is 0.253 e. The largest absolute Gasteiger partial charge is 0.366 e. The van der Waals surface area contributed by atoms with E-state index in [4.69, 9.17) is 0 Å². The zero-order valence-corrected chi connectivity index (χ0v) is 13.4. The summed E-state index contributed by atoms with van der Waals surface area (Å²) in [5.41, 5.74) is 1.52. The molecule has 1 aliphatic carbocycles. The lowest BCUT2D eigenvalue weighted by molar-refractivity contribution is -0.114. The lowest BCUT2D eigenvalue weighted by atomic mass is 10.2. The maximum absolute atomic E-state index is 11.9. The number of rotatable bonds is 6. The molecule has 1 saturated carbocycles. The molecule has 0 spiro atoms. The van der Waals surface area contributed by atoms with E-state index in [2.05, 4.69) is 25.9 Å². The second kappa shape index (κ2) is 7.08. The Labute approximate surface area is 139 Å². The number of pyridine rings is 2. The molecule has 2 aromatic heterocycles. The van der Waals surface area contributed by atoms with Gasteiger partial charge in [-0.05, 0) is 36.6 Å². The smallest absolute Gasteiger partial charge is 0.253 e. The zero-order valence-electron chi connectivity index (χ0n) is 13.4. The Morgan fingerprint density at radius 2 is 1.83 bits per heavy atom. The Balaban J connectivity index is 1.52. The molecule has 7 heteroatoms. The first-order valence-electron chi connectivity index (χ1n) is 7.83. The molecule has 0 atom stereocenters. The third-order valence-electron chi connectivity index (χ3n) is 3.54. The first-order chi connectivity index (χ1) is 11.6. The maximum atomic E-state index is 11.9. The molecule has 0 bridgehead atoms. The summed E-state index contributed by atoms with van der Waals surface area (Å²) in [6.45, 7) is 1.99. The van der Waals surface area contributed by atoms with E-state index in [0.29, 0.717) is 29.8 Å². The summed E-state index contributed by atoms with van der Waals surface area (Å²) in [4.78, 5) is 31.2. The molecule has 3 rings (SSSR count). The monoisotopic (exact) mass is 325 g/mol. The van der Waals surface area contributed by atoms with Crippen LogP contribution in [0.1, 0.15) is 35.7 Å². The number of carbonyl (C=O) groups excluding carboxylic acids is 2. The van der Waals surface area contributed by atoms with E-state index in [9.17, 15) is 9.59 Å². The average Bonchev–Trinajstić information content (AvgIpc) is 3.38. The van der Waals surface area contributed by atoms with Crippen LogP contribution in [0.5, 0.6) is 0 Å². The standard InChI is InChI=1S/C17H19N5O2/c1-11(23)21-16-6-2-12(9-19-16)8-18-15-7-3-13(10-20-15)17(24)22-14-4-5-14/h2-3,6-7,9-10,14H,4-5,8H2,1H3,(H,18,20)(H,22,24)(H,19,21,23). The second-order valence-electron chi connectivity index (χ2n) is 5.77. The summed E-state index contributed by atoms with van der Waals surface area (Å²) < 4.78 is 0.